The molecule has 0 aliphatic carbocycles. The Kier molecular flexibility index (Phi) is 2.72. The predicted octanol–water partition coefficient (Wildman–Crippen LogP) is 2.86. The first kappa shape index (κ1) is 12.6. The third-order valence-electron chi connectivity index (χ3n) is 3.48. The van der Waals surface area contributed by atoms with Gasteiger partial charge in [0, 0.05) is 5.69 Å². The molecular formula is C15H11FN6. The van der Waals surface area contributed by atoms with E-state index in [0.717, 1.165) is 16.6 Å². The van der Waals surface area contributed by atoms with Crippen LogP contribution in [0.25, 0.3) is 16.7 Å². The summed E-state index contributed by atoms with van der Waals surface area (Å²) in [5, 5.41) is 14.8. The van der Waals surface area contributed by atoms with Crippen LogP contribution in [0.5, 0.6) is 0 Å². The SMILES string of the molecule is Cc1ccc(F)cc1Nc1nc2ccccc2n2nnnc12. The van der Waals surface area contributed by atoms with Crippen LogP contribution < -0.4 is 5.32 Å². The highest BCUT2D eigenvalue weighted by Crippen LogP contribution is 2.24. The fraction of sp³-hybridized carbons (Fsp3) is 0.0667. The summed E-state index contributed by atoms with van der Waals surface area (Å²) < 4.78 is 15.1. The summed E-state index contributed by atoms with van der Waals surface area (Å²) in [6, 6.07) is 12.1. The maximum absolute atomic E-state index is 13.5. The number of aryl methyl sites for hydroxylation is 1. The standard InChI is InChI=1S/C15H11FN6/c1-9-6-7-10(16)8-12(9)18-14-15-19-20-21-22(15)13-5-3-2-4-11(13)17-14/h2-8H,1H3,(H,17,18). The van der Waals surface area contributed by atoms with Gasteiger partial charge in [-0.2, -0.15) is 4.52 Å². The lowest BCUT2D eigenvalue weighted by atomic mass is 10.2. The van der Waals surface area contributed by atoms with Gasteiger partial charge < -0.3 is 5.32 Å². The summed E-state index contributed by atoms with van der Waals surface area (Å²) in [4.78, 5) is 4.54. The van der Waals surface area contributed by atoms with Gasteiger partial charge in [-0.15, -0.1) is 5.10 Å². The van der Waals surface area contributed by atoms with E-state index in [1.807, 2.05) is 31.2 Å². The summed E-state index contributed by atoms with van der Waals surface area (Å²) in [5.74, 6) is 0.168. The Morgan fingerprint density at radius 1 is 1.14 bits per heavy atom. The minimum absolute atomic E-state index is 0.315. The van der Waals surface area contributed by atoms with Crippen molar-refractivity contribution < 1.29 is 4.39 Å². The zero-order chi connectivity index (χ0) is 15.1. The smallest absolute Gasteiger partial charge is 0.222 e. The highest BCUT2D eigenvalue weighted by molar-refractivity contribution is 5.83. The van der Waals surface area contributed by atoms with Crippen molar-refractivity contribution in [2.24, 2.45) is 0 Å². The Bertz CT molecular complexity index is 994. The molecule has 0 amide bonds. The zero-order valence-corrected chi connectivity index (χ0v) is 11.7. The topological polar surface area (TPSA) is 68.0 Å². The highest BCUT2D eigenvalue weighted by atomic mass is 19.1. The lowest BCUT2D eigenvalue weighted by molar-refractivity contribution is 0.628. The average Bonchev–Trinajstić information content (AvgIpc) is 3.01. The van der Waals surface area contributed by atoms with Crippen molar-refractivity contribution >= 4 is 28.2 Å². The molecule has 0 aliphatic heterocycles. The van der Waals surface area contributed by atoms with Crippen molar-refractivity contribution in [2.45, 2.75) is 6.92 Å². The number of anilines is 2. The second-order valence-electron chi connectivity index (χ2n) is 4.95. The summed E-state index contributed by atoms with van der Waals surface area (Å²) in [6.07, 6.45) is 0. The lowest BCUT2D eigenvalue weighted by Gasteiger charge is -2.10. The van der Waals surface area contributed by atoms with E-state index in [9.17, 15) is 4.39 Å². The van der Waals surface area contributed by atoms with Crippen LogP contribution in [-0.2, 0) is 0 Å². The van der Waals surface area contributed by atoms with Crippen molar-refractivity contribution in [3.8, 4) is 0 Å². The van der Waals surface area contributed by atoms with Crippen LogP contribution in [-0.4, -0.2) is 25.0 Å². The molecule has 108 valence electrons. The van der Waals surface area contributed by atoms with Crippen molar-refractivity contribution in [3.05, 3.63) is 53.8 Å². The van der Waals surface area contributed by atoms with Gasteiger partial charge in [0.1, 0.15) is 5.82 Å². The monoisotopic (exact) mass is 294 g/mol. The van der Waals surface area contributed by atoms with E-state index in [-0.39, 0.29) is 5.82 Å². The largest absolute Gasteiger partial charge is 0.337 e. The van der Waals surface area contributed by atoms with Crippen LogP contribution in [0.3, 0.4) is 0 Å². The number of hydrogen-bond acceptors (Lipinski definition) is 5. The Balaban J connectivity index is 1.93. The second-order valence-corrected chi connectivity index (χ2v) is 4.95. The molecule has 0 atom stereocenters. The van der Waals surface area contributed by atoms with Crippen LogP contribution in [0.4, 0.5) is 15.9 Å². The number of benzene rings is 2. The van der Waals surface area contributed by atoms with Crippen molar-refractivity contribution in [1.29, 1.82) is 0 Å². The van der Waals surface area contributed by atoms with Crippen LogP contribution in [0, 0.1) is 12.7 Å². The molecule has 7 heteroatoms. The molecule has 0 aliphatic rings. The predicted molar refractivity (Wildman–Crippen MR) is 80.5 cm³/mol. The second kappa shape index (κ2) is 4.73. The normalized spacial score (nSPS) is 11.2. The van der Waals surface area contributed by atoms with Crippen LogP contribution in [0.2, 0.25) is 0 Å². The van der Waals surface area contributed by atoms with E-state index >= 15 is 0 Å². The number of aromatic nitrogens is 5. The molecule has 0 fully saturated rings. The molecule has 0 spiro atoms. The molecule has 0 unspecified atom stereocenters. The molecule has 0 radical (unpaired) electrons. The third kappa shape index (κ3) is 1.95. The van der Waals surface area contributed by atoms with E-state index in [2.05, 4.69) is 25.8 Å². The summed E-state index contributed by atoms with van der Waals surface area (Å²) in [5.41, 5.74) is 3.58. The number of fused-ring (bicyclic) bond motifs is 3. The number of rotatable bonds is 2. The molecule has 2 aromatic carbocycles. The molecule has 6 nitrogen and oxygen atoms in total. The maximum Gasteiger partial charge on any atom is 0.222 e. The first-order valence-corrected chi connectivity index (χ1v) is 6.72. The molecular weight excluding hydrogens is 283 g/mol. The first-order chi connectivity index (χ1) is 10.7. The quantitative estimate of drug-likeness (QED) is 0.615. The van der Waals surface area contributed by atoms with Gasteiger partial charge in [0.25, 0.3) is 0 Å². The molecule has 4 rings (SSSR count). The minimum atomic E-state index is -0.315. The number of tetrazole rings is 1. The van der Waals surface area contributed by atoms with Crippen molar-refractivity contribution in [1.82, 2.24) is 25.0 Å². The molecule has 0 bridgehead atoms. The van der Waals surface area contributed by atoms with Gasteiger partial charge in [0.15, 0.2) is 5.82 Å². The number of halogens is 1. The third-order valence-corrected chi connectivity index (χ3v) is 3.48. The Morgan fingerprint density at radius 3 is 2.91 bits per heavy atom. The molecule has 0 saturated carbocycles. The van der Waals surface area contributed by atoms with E-state index in [1.165, 1.54) is 12.1 Å². The van der Waals surface area contributed by atoms with Gasteiger partial charge >= 0.3 is 0 Å². The zero-order valence-electron chi connectivity index (χ0n) is 11.7. The minimum Gasteiger partial charge on any atom is -0.337 e. The van der Waals surface area contributed by atoms with Crippen LogP contribution in [0.15, 0.2) is 42.5 Å². The van der Waals surface area contributed by atoms with Gasteiger partial charge in [0.2, 0.25) is 5.65 Å². The van der Waals surface area contributed by atoms with Gasteiger partial charge in [-0.3, -0.25) is 0 Å². The van der Waals surface area contributed by atoms with Crippen molar-refractivity contribution in [3.63, 3.8) is 0 Å². The highest BCUT2D eigenvalue weighted by Gasteiger charge is 2.12. The first-order valence-electron chi connectivity index (χ1n) is 6.72. The maximum atomic E-state index is 13.5. The Hall–Kier alpha value is -3.09. The van der Waals surface area contributed by atoms with E-state index < -0.39 is 0 Å². The van der Waals surface area contributed by atoms with E-state index in [4.69, 9.17) is 0 Å². The van der Waals surface area contributed by atoms with Gasteiger partial charge in [-0.25, -0.2) is 9.37 Å². The molecule has 22 heavy (non-hydrogen) atoms. The average molecular weight is 294 g/mol. The summed E-state index contributed by atoms with van der Waals surface area (Å²) in [7, 11) is 0. The fourth-order valence-corrected chi connectivity index (χ4v) is 2.35. The summed E-state index contributed by atoms with van der Waals surface area (Å²) >= 11 is 0. The Labute approximate surface area is 124 Å². The number of hydrogen-bond donors (Lipinski definition) is 1. The fourth-order valence-electron chi connectivity index (χ4n) is 2.35. The molecule has 0 saturated heterocycles. The number of nitrogens with zero attached hydrogens (tertiary/aromatic N) is 5. The van der Waals surface area contributed by atoms with Gasteiger partial charge in [0.05, 0.1) is 11.0 Å². The molecule has 4 aromatic rings. The number of para-hydroxylation sites is 2. The molecule has 2 heterocycles. The molecule has 1 N–H and O–H groups in total. The van der Waals surface area contributed by atoms with Crippen LogP contribution in [0.1, 0.15) is 5.56 Å². The lowest BCUT2D eigenvalue weighted by Crippen LogP contribution is -2.02. The van der Waals surface area contributed by atoms with E-state index in [1.54, 1.807) is 10.6 Å². The number of nitrogens with one attached hydrogen (secondary N) is 1. The summed E-state index contributed by atoms with van der Waals surface area (Å²) in [6.45, 7) is 1.89. The Morgan fingerprint density at radius 2 is 2.00 bits per heavy atom. The van der Waals surface area contributed by atoms with Gasteiger partial charge in [-0.1, -0.05) is 18.2 Å². The van der Waals surface area contributed by atoms with Crippen LogP contribution >= 0.6 is 0 Å². The van der Waals surface area contributed by atoms with E-state index in [0.29, 0.717) is 17.2 Å². The molecule has 2 aromatic heterocycles. The van der Waals surface area contributed by atoms with Crippen molar-refractivity contribution in [2.75, 3.05) is 5.32 Å². The van der Waals surface area contributed by atoms with Gasteiger partial charge in [-0.05, 0) is 47.2 Å².